The molecule has 0 atom stereocenters. The molecule has 0 spiro atoms. The number of carbonyl (C=O) groups is 1. The molecule has 1 rings (SSSR count). The van der Waals surface area contributed by atoms with E-state index in [1.165, 1.54) is 11.8 Å². The number of nitrogens with zero attached hydrogens (tertiary/aromatic N) is 1. The van der Waals surface area contributed by atoms with Crippen LogP contribution in [-0.4, -0.2) is 21.9 Å². The summed E-state index contributed by atoms with van der Waals surface area (Å²) in [6, 6.07) is 3.60. The average Bonchev–Trinajstić information content (AvgIpc) is 2.16. The second-order valence-electron chi connectivity index (χ2n) is 2.01. The fourth-order valence-electron chi connectivity index (χ4n) is 0.616. The maximum atomic E-state index is 10.6. The number of aromatic nitrogens is 1. The van der Waals surface area contributed by atoms with Gasteiger partial charge < -0.3 is 0 Å². The van der Waals surface area contributed by atoms with Crippen molar-refractivity contribution < 1.29 is 10.0 Å². The van der Waals surface area contributed by atoms with Crippen molar-refractivity contribution in [1.82, 2.24) is 10.5 Å². The minimum atomic E-state index is -0.406. The molecule has 0 saturated heterocycles. The fraction of sp³-hybridized carbons (Fsp3) is 0.143. The van der Waals surface area contributed by atoms with Crippen molar-refractivity contribution >= 4 is 17.7 Å². The van der Waals surface area contributed by atoms with Gasteiger partial charge in [-0.25, -0.2) is 5.48 Å². The second-order valence-corrected chi connectivity index (χ2v) is 3.06. The zero-order valence-corrected chi connectivity index (χ0v) is 7.04. The van der Waals surface area contributed by atoms with Gasteiger partial charge in [0, 0.05) is 17.3 Å². The van der Waals surface area contributed by atoms with Crippen LogP contribution in [0.25, 0.3) is 0 Å². The Balaban J connectivity index is 2.38. The zero-order chi connectivity index (χ0) is 8.81. The molecule has 0 aliphatic carbocycles. The van der Waals surface area contributed by atoms with Crippen LogP contribution in [-0.2, 0) is 4.79 Å². The van der Waals surface area contributed by atoms with Crippen LogP contribution in [0.5, 0.6) is 0 Å². The molecule has 0 fully saturated rings. The molecule has 1 aromatic heterocycles. The summed E-state index contributed by atoms with van der Waals surface area (Å²) in [7, 11) is 0. The van der Waals surface area contributed by atoms with Crippen molar-refractivity contribution in [3.05, 3.63) is 24.5 Å². The van der Waals surface area contributed by atoms with Crippen LogP contribution in [0.1, 0.15) is 0 Å². The molecule has 0 bridgehead atoms. The Morgan fingerprint density at radius 1 is 1.58 bits per heavy atom. The third-order valence-corrected chi connectivity index (χ3v) is 2.16. The molecule has 64 valence electrons. The lowest BCUT2D eigenvalue weighted by Crippen LogP contribution is -2.20. The number of hydrogen-bond acceptors (Lipinski definition) is 4. The number of thioether (sulfide) groups is 1. The Morgan fingerprint density at radius 2 is 2.25 bits per heavy atom. The lowest BCUT2D eigenvalue weighted by Gasteiger charge is -1.98. The molecule has 5 heteroatoms. The predicted molar refractivity (Wildman–Crippen MR) is 44.9 cm³/mol. The van der Waals surface area contributed by atoms with Crippen LogP contribution in [0.4, 0.5) is 0 Å². The summed E-state index contributed by atoms with van der Waals surface area (Å²) in [4.78, 5) is 15.4. The van der Waals surface area contributed by atoms with Crippen LogP contribution in [0.2, 0.25) is 0 Å². The molecule has 0 saturated carbocycles. The molecule has 0 aromatic carbocycles. The van der Waals surface area contributed by atoms with E-state index in [2.05, 4.69) is 4.98 Å². The number of pyridine rings is 1. The molecule has 2 N–H and O–H groups in total. The molecular formula is C7H8N2O2S. The summed E-state index contributed by atoms with van der Waals surface area (Å²) >= 11 is 1.34. The minimum Gasteiger partial charge on any atom is -0.289 e. The first-order chi connectivity index (χ1) is 5.83. The number of hydrogen-bond donors (Lipinski definition) is 2. The largest absolute Gasteiger partial charge is 0.289 e. The first-order valence-electron chi connectivity index (χ1n) is 3.28. The van der Waals surface area contributed by atoms with E-state index in [1.807, 2.05) is 0 Å². The average molecular weight is 184 g/mol. The number of carbonyl (C=O) groups excluding carboxylic acids is 1. The quantitative estimate of drug-likeness (QED) is 0.412. The van der Waals surface area contributed by atoms with E-state index in [1.54, 1.807) is 30.0 Å². The molecular weight excluding hydrogens is 176 g/mol. The summed E-state index contributed by atoms with van der Waals surface area (Å²) in [5, 5.41) is 8.19. The molecule has 0 unspecified atom stereocenters. The topological polar surface area (TPSA) is 62.2 Å². The zero-order valence-electron chi connectivity index (χ0n) is 6.23. The highest BCUT2D eigenvalue weighted by Crippen LogP contribution is 2.14. The lowest BCUT2D eigenvalue weighted by atomic mass is 10.5. The molecule has 1 aromatic rings. The summed E-state index contributed by atoms with van der Waals surface area (Å²) in [5.74, 6) is -0.197. The van der Waals surface area contributed by atoms with Crippen molar-refractivity contribution in [2.45, 2.75) is 4.90 Å². The number of nitrogens with one attached hydrogen (secondary N) is 1. The highest BCUT2D eigenvalue weighted by molar-refractivity contribution is 8.00. The molecule has 4 nitrogen and oxygen atoms in total. The van der Waals surface area contributed by atoms with Gasteiger partial charge in [-0.2, -0.15) is 0 Å². The van der Waals surface area contributed by atoms with Crippen LogP contribution < -0.4 is 5.48 Å². The Morgan fingerprint density at radius 3 is 2.83 bits per heavy atom. The summed E-state index contributed by atoms with van der Waals surface area (Å²) in [6.07, 6.45) is 3.30. The van der Waals surface area contributed by atoms with Crippen molar-refractivity contribution in [2.24, 2.45) is 0 Å². The van der Waals surface area contributed by atoms with E-state index >= 15 is 0 Å². The van der Waals surface area contributed by atoms with Gasteiger partial charge in [0.05, 0.1) is 5.75 Å². The summed E-state index contributed by atoms with van der Waals surface area (Å²) < 4.78 is 0. The van der Waals surface area contributed by atoms with Gasteiger partial charge in [0.25, 0.3) is 5.91 Å². The maximum absolute atomic E-state index is 10.6. The van der Waals surface area contributed by atoms with Gasteiger partial charge in [0.15, 0.2) is 0 Å². The predicted octanol–water partition coefficient (Wildman–Crippen LogP) is 0.679. The van der Waals surface area contributed by atoms with Gasteiger partial charge in [0.1, 0.15) is 0 Å². The first-order valence-corrected chi connectivity index (χ1v) is 4.27. The van der Waals surface area contributed by atoms with E-state index < -0.39 is 5.91 Å². The number of rotatable bonds is 3. The van der Waals surface area contributed by atoms with Crippen molar-refractivity contribution in [2.75, 3.05) is 5.75 Å². The molecule has 0 radical (unpaired) electrons. The van der Waals surface area contributed by atoms with Gasteiger partial charge in [-0.1, -0.05) is 0 Å². The highest BCUT2D eigenvalue weighted by atomic mass is 32.2. The van der Waals surface area contributed by atoms with Crippen molar-refractivity contribution in [3.8, 4) is 0 Å². The minimum absolute atomic E-state index is 0.209. The van der Waals surface area contributed by atoms with Crippen LogP contribution >= 0.6 is 11.8 Å². The Kier molecular flexibility index (Phi) is 3.56. The van der Waals surface area contributed by atoms with Gasteiger partial charge in [-0.3, -0.25) is 15.0 Å². The van der Waals surface area contributed by atoms with Gasteiger partial charge in [-0.05, 0) is 12.1 Å². The Labute approximate surface area is 74.0 Å². The molecule has 1 amide bonds. The van der Waals surface area contributed by atoms with E-state index in [0.717, 1.165) is 4.90 Å². The van der Waals surface area contributed by atoms with Gasteiger partial charge in [0.2, 0.25) is 0 Å². The Hall–Kier alpha value is -1.07. The summed E-state index contributed by atoms with van der Waals surface area (Å²) in [6.45, 7) is 0. The molecule has 0 aliphatic heterocycles. The van der Waals surface area contributed by atoms with Gasteiger partial charge >= 0.3 is 0 Å². The van der Waals surface area contributed by atoms with E-state index in [4.69, 9.17) is 5.21 Å². The molecule has 0 aliphatic rings. The normalized spacial score (nSPS) is 9.42. The smallest absolute Gasteiger partial charge is 0.253 e. The SMILES string of the molecule is O=C(CSc1ccncc1)NO. The maximum Gasteiger partial charge on any atom is 0.253 e. The fourth-order valence-corrected chi connectivity index (χ4v) is 1.29. The van der Waals surface area contributed by atoms with E-state index in [9.17, 15) is 4.79 Å². The molecule has 12 heavy (non-hydrogen) atoms. The van der Waals surface area contributed by atoms with Crippen molar-refractivity contribution in [1.29, 1.82) is 0 Å². The first kappa shape index (κ1) is 9.02. The third-order valence-electron chi connectivity index (χ3n) is 1.14. The van der Waals surface area contributed by atoms with E-state index in [0.29, 0.717) is 0 Å². The third kappa shape index (κ3) is 2.89. The van der Waals surface area contributed by atoms with Crippen LogP contribution in [0.15, 0.2) is 29.4 Å². The highest BCUT2D eigenvalue weighted by Gasteiger charge is 1.99. The second kappa shape index (κ2) is 4.74. The van der Waals surface area contributed by atoms with Crippen LogP contribution in [0.3, 0.4) is 0 Å². The van der Waals surface area contributed by atoms with Crippen LogP contribution in [0, 0.1) is 0 Å². The standard InChI is InChI=1S/C7H8N2O2S/c10-7(9-11)5-12-6-1-3-8-4-2-6/h1-4,11H,5H2,(H,9,10). The summed E-state index contributed by atoms with van der Waals surface area (Å²) in [5.41, 5.74) is 1.56. The number of hydroxylamine groups is 1. The monoisotopic (exact) mass is 184 g/mol. The van der Waals surface area contributed by atoms with Gasteiger partial charge in [-0.15, -0.1) is 11.8 Å². The molecule has 1 heterocycles. The Bertz CT molecular complexity index is 253. The van der Waals surface area contributed by atoms with E-state index in [-0.39, 0.29) is 5.75 Å². The lowest BCUT2D eigenvalue weighted by molar-refractivity contribution is -0.126. The van der Waals surface area contributed by atoms with Crippen molar-refractivity contribution in [3.63, 3.8) is 0 Å². The number of amides is 1.